The molecule has 0 saturated heterocycles. The van der Waals surface area contributed by atoms with Crippen LogP contribution in [0.1, 0.15) is 0 Å². The Morgan fingerprint density at radius 3 is 2.75 bits per heavy atom. The number of nitro benzene ring substituents is 1. The molecule has 8 heteroatoms. The van der Waals surface area contributed by atoms with Crippen LogP contribution in [0.3, 0.4) is 0 Å². The van der Waals surface area contributed by atoms with Gasteiger partial charge in [0.25, 0.3) is 5.69 Å². The molecule has 0 aliphatic heterocycles. The largest absolute Gasteiger partial charge is 0.272 e. The summed E-state index contributed by atoms with van der Waals surface area (Å²) < 4.78 is 15.2. The van der Waals surface area contributed by atoms with Crippen molar-refractivity contribution < 1.29 is 9.31 Å². The van der Waals surface area contributed by atoms with E-state index in [4.69, 9.17) is 11.6 Å². The fourth-order valence-corrected chi connectivity index (χ4v) is 1.96. The van der Waals surface area contributed by atoms with E-state index >= 15 is 0 Å². The third kappa shape index (κ3) is 2.08. The SMILES string of the molecule is O=[N+]([O-])c1ccc(-n2cc3nc(Cl)ccc3n2)c(F)c1. The van der Waals surface area contributed by atoms with Crippen LogP contribution in [0.2, 0.25) is 5.15 Å². The molecule has 20 heavy (non-hydrogen) atoms. The van der Waals surface area contributed by atoms with Gasteiger partial charge in [-0.3, -0.25) is 10.1 Å². The van der Waals surface area contributed by atoms with Crippen LogP contribution < -0.4 is 0 Å². The molecule has 1 aromatic carbocycles. The summed E-state index contributed by atoms with van der Waals surface area (Å²) in [7, 11) is 0. The summed E-state index contributed by atoms with van der Waals surface area (Å²) in [5, 5.41) is 15.0. The van der Waals surface area contributed by atoms with E-state index in [1.165, 1.54) is 23.0 Å². The van der Waals surface area contributed by atoms with Gasteiger partial charge in [-0.1, -0.05) is 11.6 Å². The van der Waals surface area contributed by atoms with E-state index in [9.17, 15) is 14.5 Å². The van der Waals surface area contributed by atoms with Crippen LogP contribution >= 0.6 is 11.6 Å². The van der Waals surface area contributed by atoms with Gasteiger partial charge in [0.2, 0.25) is 0 Å². The van der Waals surface area contributed by atoms with E-state index in [-0.39, 0.29) is 11.4 Å². The number of aromatic nitrogens is 3. The fraction of sp³-hybridized carbons (Fsp3) is 0. The summed E-state index contributed by atoms with van der Waals surface area (Å²) in [6.45, 7) is 0. The van der Waals surface area contributed by atoms with Gasteiger partial charge in [0.15, 0.2) is 5.82 Å². The van der Waals surface area contributed by atoms with Gasteiger partial charge < -0.3 is 0 Å². The van der Waals surface area contributed by atoms with Crippen LogP contribution in [-0.4, -0.2) is 19.7 Å². The molecule has 0 amide bonds. The zero-order valence-electron chi connectivity index (χ0n) is 9.83. The maximum atomic E-state index is 13.9. The molecule has 100 valence electrons. The smallest absolute Gasteiger partial charge is 0.258 e. The molecular weight excluding hydrogens is 287 g/mol. The molecule has 0 spiro atoms. The first kappa shape index (κ1) is 12.5. The lowest BCUT2D eigenvalue weighted by Gasteiger charge is -2.02. The van der Waals surface area contributed by atoms with Crippen LogP contribution in [0.4, 0.5) is 10.1 Å². The standard InChI is InChI=1S/C12H6ClFN4O2/c13-12-4-2-9-10(15-12)6-17(16-9)11-3-1-7(18(19)20)5-8(11)14/h1-6H. The highest BCUT2D eigenvalue weighted by Gasteiger charge is 2.13. The van der Waals surface area contributed by atoms with E-state index in [0.29, 0.717) is 16.2 Å². The summed E-state index contributed by atoms with van der Waals surface area (Å²) in [4.78, 5) is 14.0. The van der Waals surface area contributed by atoms with Crippen molar-refractivity contribution in [1.29, 1.82) is 0 Å². The number of non-ortho nitro benzene ring substituents is 1. The summed E-state index contributed by atoms with van der Waals surface area (Å²) in [5.41, 5.74) is 0.844. The van der Waals surface area contributed by atoms with Crippen molar-refractivity contribution in [3.8, 4) is 5.69 Å². The summed E-state index contributed by atoms with van der Waals surface area (Å²) in [5.74, 6) is -0.738. The first-order valence-corrected chi connectivity index (χ1v) is 5.88. The van der Waals surface area contributed by atoms with Crippen molar-refractivity contribution in [2.45, 2.75) is 0 Å². The molecule has 3 rings (SSSR count). The van der Waals surface area contributed by atoms with Gasteiger partial charge in [0.1, 0.15) is 21.9 Å². The molecule has 0 fully saturated rings. The van der Waals surface area contributed by atoms with Gasteiger partial charge >= 0.3 is 0 Å². The van der Waals surface area contributed by atoms with Crippen molar-refractivity contribution in [1.82, 2.24) is 14.8 Å². The Labute approximate surface area is 116 Å². The predicted octanol–water partition coefficient (Wildman–Crippen LogP) is 3.12. The minimum atomic E-state index is -0.738. The van der Waals surface area contributed by atoms with Gasteiger partial charge in [0, 0.05) is 6.07 Å². The molecular formula is C12H6ClFN4O2. The van der Waals surface area contributed by atoms with Crippen LogP contribution in [0.15, 0.2) is 36.5 Å². The number of hydrogen-bond donors (Lipinski definition) is 0. The number of nitrogens with zero attached hydrogens (tertiary/aromatic N) is 4. The van der Waals surface area contributed by atoms with Gasteiger partial charge in [-0.15, -0.1) is 0 Å². The maximum Gasteiger partial charge on any atom is 0.272 e. The van der Waals surface area contributed by atoms with Gasteiger partial charge in [-0.25, -0.2) is 14.1 Å². The Balaban J connectivity index is 2.13. The normalized spacial score (nSPS) is 10.9. The topological polar surface area (TPSA) is 73.8 Å². The molecule has 0 radical (unpaired) electrons. The Kier molecular flexibility index (Phi) is 2.83. The lowest BCUT2D eigenvalue weighted by Crippen LogP contribution is -1.99. The molecule has 6 nitrogen and oxygen atoms in total. The summed E-state index contributed by atoms with van der Waals surface area (Å²) >= 11 is 5.76. The number of pyridine rings is 1. The van der Waals surface area contributed by atoms with Crippen molar-refractivity contribution in [3.63, 3.8) is 0 Å². The average Bonchev–Trinajstić information content (AvgIpc) is 2.80. The lowest BCUT2D eigenvalue weighted by molar-refractivity contribution is -0.385. The molecule has 0 atom stereocenters. The fourth-order valence-electron chi connectivity index (χ4n) is 1.80. The molecule has 3 aromatic rings. The second kappa shape index (κ2) is 4.53. The highest BCUT2D eigenvalue weighted by molar-refractivity contribution is 6.29. The predicted molar refractivity (Wildman–Crippen MR) is 70.5 cm³/mol. The monoisotopic (exact) mass is 292 g/mol. The van der Waals surface area contributed by atoms with E-state index in [2.05, 4.69) is 10.1 Å². The van der Waals surface area contributed by atoms with Crippen LogP contribution in [-0.2, 0) is 0 Å². The molecule has 0 unspecified atom stereocenters. The number of rotatable bonds is 2. The Morgan fingerprint density at radius 1 is 1.25 bits per heavy atom. The second-order valence-corrected chi connectivity index (χ2v) is 4.39. The first-order valence-electron chi connectivity index (χ1n) is 5.51. The van der Waals surface area contributed by atoms with Crippen LogP contribution in [0.25, 0.3) is 16.7 Å². The first-order chi connectivity index (χ1) is 9.54. The van der Waals surface area contributed by atoms with Gasteiger partial charge in [-0.2, -0.15) is 5.10 Å². The zero-order valence-corrected chi connectivity index (χ0v) is 10.6. The minimum absolute atomic E-state index is 0.102. The molecule has 2 aromatic heterocycles. The average molecular weight is 293 g/mol. The van der Waals surface area contributed by atoms with E-state index in [1.807, 2.05) is 0 Å². The van der Waals surface area contributed by atoms with Crippen molar-refractivity contribution in [3.05, 3.63) is 57.6 Å². The Morgan fingerprint density at radius 2 is 2.05 bits per heavy atom. The van der Waals surface area contributed by atoms with E-state index in [1.54, 1.807) is 12.1 Å². The molecule has 2 heterocycles. The van der Waals surface area contributed by atoms with Crippen LogP contribution in [0, 0.1) is 15.9 Å². The molecule has 0 aliphatic carbocycles. The number of hydrogen-bond acceptors (Lipinski definition) is 4. The maximum absolute atomic E-state index is 13.9. The zero-order chi connectivity index (χ0) is 14.3. The number of benzene rings is 1. The number of halogens is 2. The number of nitro groups is 1. The third-order valence-corrected chi connectivity index (χ3v) is 2.93. The van der Waals surface area contributed by atoms with E-state index in [0.717, 1.165) is 6.07 Å². The van der Waals surface area contributed by atoms with Crippen molar-refractivity contribution >= 4 is 28.3 Å². The highest BCUT2D eigenvalue weighted by Crippen LogP contribution is 2.21. The van der Waals surface area contributed by atoms with Crippen molar-refractivity contribution in [2.24, 2.45) is 0 Å². The summed E-state index contributed by atoms with van der Waals surface area (Å²) in [6.07, 6.45) is 1.51. The molecule has 0 bridgehead atoms. The molecule has 0 saturated carbocycles. The molecule has 0 N–H and O–H groups in total. The lowest BCUT2D eigenvalue weighted by atomic mass is 10.2. The van der Waals surface area contributed by atoms with Crippen LogP contribution in [0.5, 0.6) is 0 Å². The minimum Gasteiger partial charge on any atom is -0.258 e. The highest BCUT2D eigenvalue weighted by atomic mass is 35.5. The quantitative estimate of drug-likeness (QED) is 0.413. The van der Waals surface area contributed by atoms with Crippen molar-refractivity contribution in [2.75, 3.05) is 0 Å². The number of fused-ring (bicyclic) bond motifs is 1. The van der Waals surface area contributed by atoms with E-state index < -0.39 is 10.7 Å². The Hall–Kier alpha value is -2.54. The van der Waals surface area contributed by atoms with Gasteiger partial charge in [-0.05, 0) is 18.2 Å². The van der Waals surface area contributed by atoms with Gasteiger partial charge in [0.05, 0.1) is 17.2 Å². The second-order valence-electron chi connectivity index (χ2n) is 4.00. The molecule has 0 aliphatic rings. The Bertz CT molecular complexity index is 833. The summed E-state index contributed by atoms with van der Waals surface area (Å²) in [6, 6.07) is 6.59. The third-order valence-electron chi connectivity index (χ3n) is 2.72.